The summed E-state index contributed by atoms with van der Waals surface area (Å²) in [6.07, 6.45) is 1.51. The van der Waals surface area contributed by atoms with Gasteiger partial charge in [-0.25, -0.2) is 5.43 Å². The highest BCUT2D eigenvalue weighted by molar-refractivity contribution is 9.11. The molecule has 0 radical (unpaired) electrons. The molecule has 2 aromatic rings. The van der Waals surface area contributed by atoms with Gasteiger partial charge in [0, 0.05) is 10.0 Å². The second-order valence-corrected chi connectivity index (χ2v) is 6.87. The zero-order valence-corrected chi connectivity index (χ0v) is 16.3. The molecule has 2 aromatic carbocycles. The van der Waals surface area contributed by atoms with Crippen molar-refractivity contribution in [2.24, 2.45) is 5.10 Å². The number of hydrogen-bond acceptors (Lipinski definition) is 3. The minimum Gasteiger partial charge on any atom is -0.495 e. The number of nitrogens with one attached hydrogen (secondary N) is 1. The maximum absolute atomic E-state index is 12.1. The molecule has 2 rings (SSSR count). The van der Waals surface area contributed by atoms with Gasteiger partial charge >= 0.3 is 0 Å². The molecule has 0 aliphatic carbocycles. The van der Waals surface area contributed by atoms with Crippen LogP contribution in [0.4, 0.5) is 0 Å². The number of nitrogens with zero attached hydrogens (tertiary/aromatic N) is 1. The van der Waals surface area contributed by atoms with Gasteiger partial charge in [-0.3, -0.25) is 4.79 Å². The lowest BCUT2D eigenvalue weighted by Gasteiger charge is -2.08. The molecule has 0 spiro atoms. The molecule has 0 fully saturated rings. The molecular weight excluding hydrogens is 447 g/mol. The first-order chi connectivity index (χ1) is 10.9. The molecule has 4 nitrogen and oxygen atoms in total. The van der Waals surface area contributed by atoms with Gasteiger partial charge in [0.1, 0.15) is 5.75 Å². The Morgan fingerprint density at radius 3 is 2.70 bits per heavy atom. The van der Waals surface area contributed by atoms with Crippen LogP contribution in [0.2, 0.25) is 5.02 Å². The van der Waals surface area contributed by atoms with Gasteiger partial charge in [0.2, 0.25) is 0 Å². The van der Waals surface area contributed by atoms with Crippen LogP contribution in [-0.2, 0) is 0 Å². The summed E-state index contributed by atoms with van der Waals surface area (Å²) in [6.45, 7) is 1.91. The number of rotatable bonds is 4. The molecule has 0 saturated carbocycles. The number of carbonyl (C=O) groups is 1. The Bertz CT molecular complexity index is 779. The lowest BCUT2D eigenvalue weighted by Crippen LogP contribution is -2.18. The second kappa shape index (κ2) is 7.95. The van der Waals surface area contributed by atoms with Crippen LogP contribution in [0.5, 0.6) is 5.75 Å². The standard InChI is InChI=1S/C16H13Br2ClN2O2/c1-9-3-4-12(14(19)5-9)16(22)21-20-8-10-6-11(17)7-13(18)15(10)23-2/h3-8H,1-2H3,(H,21,22)/b20-8+. The maximum Gasteiger partial charge on any atom is 0.272 e. The molecule has 120 valence electrons. The molecule has 0 aliphatic rings. The summed E-state index contributed by atoms with van der Waals surface area (Å²) in [7, 11) is 1.57. The summed E-state index contributed by atoms with van der Waals surface area (Å²) in [5.41, 5.74) is 4.53. The second-order valence-electron chi connectivity index (χ2n) is 4.69. The maximum atomic E-state index is 12.1. The van der Waals surface area contributed by atoms with E-state index in [1.807, 2.05) is 25.1 Å². The predicted molar refractivity (Wildman–Crippen MR) is 99.6 cm³/mol. The van der Waals surface area contributed by atoms with Crippen molar-refractivity contribution < 1.29 is 9.53 Å². The van der Waals surface area contributed by atoms with E-state index in [9.17, 15) is 4.79 Å². The summed E-state index contributed by atoms with van der Waals surface area (Å²) >= 11 is 12.9. The predicted octanol–water partition coefficient (Wildman–Crippen LogP) is 4.95. The topological polar surface area (TPSA) is 50.7 Å². The highest BCUT2D eigenvalue weighted by atomic mass is 79.9. The van der Waals surface area contributed by atoms with E-state index in [0.717, 1.165) is 14.5 Å². The number of carbonyl (C=O) groups excluding carboxylic acids is 1. The average molecular weight is 461 g/mol. The molecule has 0 saturated heterocycles. The van der Waals surface area contributed by atoms with Crippen LogP contribution in [0.25, 0.3) is 0 Å². The summed E-state index contributed by atoms with van der Waals surface area (Å²) in [6, 6.07) is 8.91. The van der Waals surface area contributed by atoms with E-state index in [1.54, 1.807) is 19.2 Å². The molecule has 1 amide bonds. The Labute approximate surface area is 156 Å². The number of amides is 1. The number of hydrazone groups is 1. The third-order valence-electron chi connectivity index (χ3n) is 2.98. The van der Waals surface area contributed by atoms with Gasteiger partial charge in [-0.15, -0.1) is 0 Å². The zero-order valence-electron chi connectivity index (χ0n) is 12.4. The normalized spacial score (nSPS) is 10.8. The molecule has 23 heavy (non-hydrogen) atoms. The average Bonchev–Trinajstić information content (AvgIpc) is 2.46. The Balaban J connectivity index is 2.17. The zero-order chi connectivity index (χ0) is 17.0. The molecule has 1 N–H and O–H groups in total. The molecular formula is C16H13Br2ClN2O2. The molecule has 0 aromatic heterocycles. The molecule has 0 atom stereocenters. The Morgan fingerprint density at radius 1 is 1.30 bits per heavy atom. The molecule has 0 bridgehead atoms. The Hall–Kier alpha value is -1.37. The molecule has 0 aliphatic heterocycles. The van der Waals surface area contributed by atoms with Gasteiger partial charge in [0.25, 0.3) is 5.91 Å². The number of methoxy groups -OCH3 is 1. The summed E-state index contributed by atoms with van der Waals surface area (Å²) in [5.74, 6) is 0.249. The Morgan fingerprint density at radius 2 is 2.04 bits per heavy atom. The van der Waals surface area contributed by atoms with Crippen LogP contribution in [0, 0.1) is 6.92 Å². The van der Waals surface area contributed by atoms with Crippen molar-refractivity contribution in [1.29, 1.82) is 0 Å². The van der Waals surface area contributed by atoms with Crippen molar-refractivity contribution in [3.8, 4) is 5.75 Å². The highest BCUT2D eigenvalue weighted by Crippen LogP contribution is 2.31. The number of ether oxygens (including phenoxy) is 1. The lowest BCUT2D eigenvalue weighted by molar-refractivity contribution is 0.0955. The number of hydrogen-bond donors (Lipinski definition) is 1. The molecule has 0 heterocycles. The third-order valence-corrected chi connectivity index (χ3v) is 4.34. The number of benzene rings is 2. The van der Waals surface area contributed by atoms with Gasteiger partial charge in [0.05, 0.1) is 28.4 Å². The minimum atomic E-state index is -0.376. The van der Waals surface area contributed by atoms with Crippen LogP contribution >= 0.6 is 43.5 Å². The monoisotopic (exact) mass is 458 g/mol. The van der Waals surface area contributed by atoms with Crippen molar-refractivity contribution in [1.82, 2.24) is 5.43 Å². The van der Waals surface area contributed by atoms with E-state index in [0.29, 0.717) is 21.9 Å². The van der Waals surface area contributed by atoms with Crippen LogP contribution < -0.4 is 10.2 Å². The van der Waals surface area contributed by atoms with E-state index >= 15 is 0 Å². The largest absolute Gasteiger partial charge is 0.495 e. The van der Waals surface area contributed by atoms with Crippen LogP contribution in [0.3, 0.4) is 0 Å². The minimum absolute atomic E-state index is 0.372. The van der Waals surface area contributed by atoms with Crippen molar-refractivity contribution in [2.75, 3.05) is 7.11 Å². The lowest BCUT2D eigenvalue weighted by atomic mass is 10.1. The first-order valence-electron chi connectivity index (χ1n) is 6.55. The van der Waals surface area contributed by atoms with Crippen LogP contribution in [0.1, 0.15) is 21.5 Å². The highest BCUT2D eigenvalue weighted by Gasteiger charge is 2.10. The fourth-order valence-corrected chi connectivity index (χ4v) is 3.66. The number of aryl methyl sites for hydroxylation is 1. The van der Waals surface area contributed by atoms with E-state index in [1.165, 1.54) is 6.21 Å². The molecule has 7 heteroatoms. The van der Waals surface area contributed by atoms with Gasteiger partial charge < -0.3 is 4.74 Å². The summed E-state index contributed by atoms with van der Waals surface area (Å²) in [4.78, 5) is 12.1. The van der Waals surface area contributed by atoms with Crippen molar-refractivity contribution in [3.05, 3.63) is 61.0 Å². The van der Waals surface area contributed by atoms with Gasteiger partial charge in [-0.05, 0) is 52.7 Å². The van der Waals surface area contributed by atoms with Crippen LogP contribution in [-0.4, -0.2) is 19.2 Å². The summed E-state index contributed by atoms with van der Waals surface area (Å²) in [5, 5.41) is 4.36. The quantitative estimate of drug-likeness (QED) is 0.519. The van der Waals surface area contributed by atoms with E-state index in [2.05, 4.69) is 42.4 Å². The third kappa shape index (κ3) is 4.56. The van der Waals surface area contributed by atoms with Gasteiger partial charge in [-0.1, -0.05) is 33.6 Å². The van der Waals surface area contributed by atoms with Gasteiger partial charge in [-0.2, -0.15) is 5.10 Å². The first-order valence-corrected chi connectivity index (χ1v) is 8.51. The van der Waals surface area contributed by atoms with Crippen molar-refractivity contribution in [2.45, 2.75) is 6.92 Å². The van der Waals surface area contributed by atoms with E-state index in [-0.39, 0.29) is 5.91 Å². The SMILES string of the molecule is COc1c(Br)cc(Br)cc1/C=N/NC(=O)c1ccc(C)cc1Cl. The van der Waals surface area contributed by atoms with E-state index < -0.39 is 0 Å². The Kier molecular flexibility index (Phi) is 6.21. The fourth-order valence-electron chi connectivity index (χ4n) is 1.92. The van der Waals surface area contributed by atoms with Crippen LogP contribution in [0.15, 0.2) is 44.4 Å². The number of halogens is 3. The van der Waals surface area contributed by atoms with Crippen molar-refractivity contribution in [3.63, 3.8) is 0 Å². The van der Waals surface area contributed by atoms with Gasteiger partial charge in [0.15, 0.2) is 0 Å². The fraction of sp³-hybridized carbons (Fsp3) is 0.125. The smallest absolute Gasteiger partial charge is 0.272 e. The van der Waals surface area contributed by atoms with Crippen molar-refractivity contribution >= 4 is 55.6 Å². The molecule has 0 unspecified atom stereocenters. The summed E-state index contributed by atoms with van der Waals surface area (Å²) < 4.78 is 6.95. The van der Waals surface area contributed by atoms with E-state index in [4.69, 9.17) is 16.3 Å². The first kappa shape index (κ1) is 18.0.